The van der Waals surface area contributed by atoms with E-state index < -0.39 is 0 Å². The average Bonchev–Trinajstić information content (AvgIpc) is 2.80. The molecule has 16 heavy (non-hydrogen) atoms. The van der Waals surface area contributed by atoms with E-state index in [1.807, 2.05) is 36.5 Å². The van der Waals surface area contributed by atoms with Crippen molar-refractivity contribution in [3.05, 3.63) is 42.2 Å². The molecular weight excluding hydrogens is 198 g/mol. The predicted octanol–water partition coefficient (Wildman–Crippen LogP) is 2.31. The number of rotatable bonds is 3. The number of hydrogen-bond acceptors (Lipinski definition) is 2. The van der Waals surface area contributed by atoms with Gasteiger partial charge >= 0.3 is 0 Å². The Labute approximate surface area is 95.7 Å². The van der Waals surface area contributed by atoms with Gasteiger partial charge < -0.3 is 10.7 Å². The van der Waals surface area contributed by atoms with Gasteiger partial charge in [-0.15, -0.1) is 0 Å². The van der Waals surface area contributed by atoms with Gasteiger partial charge in [0, 0.05) is 29.4 Å². The van der Waals surface area contributed by atoms with Crippen LogP contribution in [0.5, 0.6) is 0 Å². The molecule has 0 amide bonds. The SMILES string of the molecule is CC(C)(CN)c1cnc(-c2ccccc2)[nH]1. The number of nitrogens with one attached hydrogen (secondary N) is 1. The third kappa shape index (κ3) is 1.99. The highest BCUT2D eigenvalue weighted by Gasteiger charge is 2.21. The monoisotopic (exact) mass is 215 g/mol. The standard InChI is InChI=1S/C13H17N3/c1-13(2,9-14)11-8-15-12(16-11)10-6-4-3-5-7-10/h3-8H,9,14H2,1-2H3,(H,15,16). The van der Waals surface area contributed by atoms with E-state index >= 15 is 0 Å². The van der Waals surface area contributed by atoms with Crippen molar-refractivity contribution in [3.63, 3.8) is 0 Å². The Morgan fingerprint density at radius 2 is 1.94 bits per heavy atom. The van der Waals surface area contributed by atoms with Crippen LogP contribution in [-0.4, -0.2) is 16.5 Å². The van der Waals surface area contributed by atoms with E-state index in [9.17, 15) is 0 Å². The lowest BCUT2D eigenvalue weighted by Gasteiger charge is -2.19. The number of H-pyrrole nitrogens is 1. The Kier molecular flexibility index (Phi) is 2.79. The molecule has 0 spiro atoms. The molecule has 1 aromatic carbocycles. The van der Waals surface area contributed by atoms with Crippen molar-refractivity contribution in [2.24, 2.45) is 5.73 Å². The second kappa shape index (κ2) is 4.10. The molecule has 0 fully saturated rings. The Hall–Kier alpha value is -1.61. The molecule has 2 rings (SSSR count). The first-order chi connectivity index (χ1) is 7.63. The molecule has 0 saturated heterocycles. The van der Waals surface area contributed by atoms with Crippen LogP contribution < -0.4 is 5.73 Å². The predicted molar refractivity (Wildman–Crippen MR) is 66.1 cm³/mol. The lowest BCUT2D eigenvalue weighted by atomic mass is 9.90. The highest BCUT2D eigenvalue weighted by atomic mass is 14.9. The zero-order chi connectivity index (χ0) is 11.6. The number of aromatic amines is 1. The maximum absolute atomic E-state index is 5.74. The van der Waals surface area contributed by atoms with Crippen molar-refractivity contribution in [1.29, 1.82) is 0 Å². The topological polar surface area (TPSA) is 54.7 Å². The van der Waals surface area contributed by atoms with Crippen LogP contribution in [0.15, 0.2) is 36.5 Å². The number of imidazole rings is 1. The lowest BCUT2D eigenvalue weighted by Crippen LogP contribution is -2.28. The first-order valence-corrected chi connectivity index (χ1v) is 5.44. The van der Waals surface area contributed by atoms with Crippen LogP contribution in [0.3, 0.4) is 0 Å². The molecule has 3 heteroatoms. The Morgan fingerprint density at radius 3 is 2.56 bits per heavy atom. The molecule has 0 aliphatic rings. The maximum Gasteiger partial charge on any atom is 0.137 e. The second-order valence-electron chi connectivity index (χ2n) is 4.60. The number of benzene rings is 1. The van der Waals surface area contributed by atoms with Gasteiger partial charge in [-0.05, 0) is 0 Å². The molecule has 1 heterocycles. The van der Waals surface area contributed by atoms with Crippen LogP contribution in [0.1, 0.15) is 19.5 Å². The summed E-state index contributed by atoms with van der Waals surface area (Å²) in [7, 11) is 0. The average molecular weight is 215 g/mol. The smallest absolute Gasteiger partial charge is 0.137 e. The molecule has 0 bridgehead atoms. The highest BCUT2D eigenvalue weighted by Crippen LogP contribution is 2.23. The zero-order valence-electron chi connectivity index (χ0n) is 9.70. The van der Waals surface area contributed by atoms with Crippen LogP contribution >= 0.6 is 0 Å². The zero-order valence-corrected chi connectivity index (χ0v) is 9.70. The molecule has 1 aromatic heterocycles. The van der Waals surface area contributed by atoms with Gasteiger partial charge in [0.05, 0.1) is 0 Å². The van der Waals surface area contributed by atoms with E-state index in [0.29, 0.717) is 6.54 Å². The van der Waals surface area contributed by atoms with Crippen molar-refractivity contribution in [1.82, 2.24) is 9.97 Å². The number of nitrogens with two attached hydrogens (primary N) is 1. The van der Waals surface area contributed by atoms with E-state index in [2.05, 4.69) is 23.8 Å². The van der Waals surface area contributed by atoms with Crippen molar-refractivity contribution in [2.75, 3.05) is 6.54 Å². The van der Waals surface area contributed by atoms with E-state index in [0.717, 1.165) is 17.1 Å². The van der Waals surface area contributed by atoms with Crippen LogP contribution in [0.2, 0.25) is 0 Å². The van der Waals surface area contributed by atoms with Crippen LogP contribution in [0, 0.1) is 0 Å². The number of nitrogens with zero attached hydrogens (tertiary/aromatic N) is 1. The normalized spacial score (nSPS) is 11.7. The van der Waals surface area contributed by atoms with Crippen molar-refractivity contribution >= 4 is 0 Å². The molecule has 0 atom stereocenters. The Balaban J connectivity index is 2.34. The second-order valence-corrected chi connectivity index (χ2v) is 4.60. The fourth-order valence-corrected chi connectivity index (χ4v) is 1.52. The first-order valence-electron chi connectivity index (χ1n) is 5.44. The van der Waals surface area contributed by atoms with E-state index in [4.69, 9.17) is 5.73 Å². The summed E-state index contributed by atoms with van der Waals surface area (Å²) < 4.78 is 0. The minimum Gasteiger partial charge on any atom is -0.341 e. The fraction of sp³-hybridized carbons (Fsp3) is 0.308. The molecule has 0 aliphatic heterocycles. The Bertz CT molecular complexity index is 457. The fourth-order valence-electron chi connectivity index (χ4n) is 1.52. The molecule has 0 saturated carbocycles. The summed E-state index contributed by atoms with van der Waals surface area (Å²) in [6.07, 6.45) is 1.87. The van der Waals surface area contributed by atoms with Crippen molar-refractivity contribution < 1.29 is 0 Å². The highest BCUT2D eigenvalue weighted by molar-refractivity contribution is 5.55. The third-order valence-electron chi connectivity index (χ3n) is 2.86. The molecule has 84 valence electrons. The summed E-state index contributed by atoms with van der Waals surface area (Å²) in [6, 6.07) is 10.1. The molecule has 0 aliphatic carbocycles. The largest absolute Gasteiger partial charge is 0.341 e. The van der Waals surface area contributed by atoms with E-state index in [-0.39, 0.29) is 5.41 Å². The summed E-state index contributed by atoms with van der Waals surface area (Å²) >= 11 is 0. The van der Waals surface area contributed by atoms with Crippen LogP contribution in [0.4, 0.5) is 0 Å². The summed E-state index contributed by atoms with van der Waals surface area (Å²) in [5, 5.41) is 0. The summed E-state index contributed by atoms with van der Waals surface area (Å²) in [6.45, 7) is 4.81. The summed E-state index contributed by atoms with van der Waals surface area (Å²) in [4.78, 5) is 7.72. The molecule has 0 radical (unpaired) electrons. The molecular formula is C13H17N3. The minimum absolute atomic E-state index is 0.0555. The van der Waals surface area contributed by atoms with E-state index in [1.165, 1.54) is 0 Å². The third-order valence-corrected chi connectivity index (χ3v) is 2.86. The molecule has 3 N–H and O–H groups in total. The van der Waals surface area contributed by atoms with Gasteiger partial charge in [0.2, 0.25) is 0 Å². The first kappa shape index (κ1) is 10.9. The summed E-state index contributed by atoms with van der Waals surface area (Å²) in [5.41, 5.74) is 7.86. The van der Waals surface area contributed by atoms with Gasteiger partial charge in [-0.2, -0.15) is 0 Å². The van der Waals surface area contributed by atoms with Crippen LogP contribution in [-0.2, 0) is 5.41 Å². The van der Waals surface area contributed by atoms with Gasteiger partial charge in [-0.3, -0.25) is 0 Å². The maximum atomic E-state index is 5.74. The van der Waals surface area contributed by atoms with Crippen molar-refractivity contribution in [2.45, 2.75) is 19.3 Å². The van der Waals surface area contributed by atoms with Gasteiger partial charge in [-0.25, -0.2) is 4.98 Å². The molecule has 0 unspecified atom stereocenters. The molecule has 3 nitrogen and oxygen atoms in total. The Morgan fingerprint density at radius 1 is 1.25 bits per heavy atom. The minimum atomic E-state index is -0.0555. The van der Waals surface area contributed by atoms with Crippen molar-refractivity contribution in [3.8, 4) is 11.4 Å². The molecule has 2 aromatic rings. The van der Waals surface area contributed by atoms with Gasteiger partial charge in [0.1, 0.15) is 5.82 Å². The van der Waals surface area contributed by atoms with Gasteiger partial charge in [0.25, 0.3) is 0 Å². The number of hydrogen-bond donors (Lipinski definition) is 2. The quantitative estimate of drug-likeness (QED) is 0.825. The van der Waals surface area contributed by atoms with E-state index in [1.54, 1.807) is 0 Å². The van der Waals surface area contributed by atoms with Gasteiger partial charge in [-0.1, -0.05) is 44.2 Å². The van der Waals surface area contributed by atoms with Gasteiger partial charge in [0.15, 0.2) is 0 Å². The lowest BCUT2D eigenvalue weighted by molar-refractivity contribution is 0.524. The van der Waals surface area contributed by atoms with Crippen LogP contribution in [0.25, 0.3) is 11.4 Å². The number of aromatic nitrogens is 2. The summed E-state index contributed by atoms with van der Waals surface area (Å²) in [5.74, 6) is 0.900.